The van der Waals surface area contributed by atoms with Gasteiger partial charge in [-0.1, -0.05) is 0 Å². The minimum atomic E-state index is -4.65. The van der Waals surface area contributed by atoms with Gasteiger partial charge in [-0.25, -0.2) is 8.42 Å². The third-order valence-electron chi connectivity index (χ3n) is 2.29. The van der Waals surface area contributed by atoms with E-state index < -0.39 is 15.0 Å². The number of benzene rings is 2. The Bertz CT molecular complexity index is 704. The van der Waals surface area contributed by atoms with Gasteiger partial charge in [0.2, 0.25) is 0 Å². The van der Waals surface area contributed by atoms with Crippen molar-refractivity contribution in [2.24, 2.45) is 0 Å². The normalized spacial score (nSPS) is 10.7. The zero-order chi connectivity index (χ0) is 13.3. The van der Waals surface area contributed by atoms with Crippen molar-refractivity contribution in [2.75, 3.05) is 0 Å². The first-order valence-electron chi connectivity index (χ1n) is 4.61. The number of hydrogen-bond acceptors (Lipinski definition) is 7. The van der Waals surface area contributed by atoms with E-state index in [0.717, 1.165) is 12.1 Å². The molecule has 0 aromatic heterocycles. The van der Waals surface area contributed by atoms with E-state index >= 15 is 0 Å². The van der Waals surface area contributed by atoms with E-state index in [1.54, 1.807) is 0 Å². The molecule has 0 fully saturated rings. The molecule has 2 rings (SSSR count). The molecule has 6 nitrogen and oxygen atoms in total. The summed E-state index contributed by atoms with van der Waals surface area (Å²) in [6.07, 6.45) is 0. The molecule has 0 saturated heterocycles. The summed E-state index contributed by atoms with van der Waals surface area (Å²) in [7, 11) is -4.65. The standard InChI is InChI=1S/C10H8O6S2.2Na/c11-10-5-8(18(13,14)15)4-6-3-7(17-16-12)1-2-9(6)10;;/h1-5,11-12H,(H,13,14,15);;/q;2*+1/p-2. The van der Waals surface area contributed by atoms with Crippen LogP contribution in [0.1, 0.15) is 0 Å². The maximum Gasteiger partial charge on any atom is 1.00 e. The molecule has 2 aromatic rings. The van der Waals surface area contributed by atoms with Gasteiger partial charge in [0.05, 0.1) is 4.90 Å². The Labute approximate surface area is 164 Å². The molecule has 0 atom stereocenters. The second kappa shape index (κ2) is 8.35. The zero-order valence-electron chi connectivity index (χ0n) is 10.7. The summed E-state index contributed by atoms with van der Waals surface area (Å²) in [6, 6.07) is 6.48. The summed E-state index contributed by atoms with van der Waals surface area (Å²) in [4.78, 5) is -0.102. The van der Waals surface area contributed by atoms with Crippen LogP contribution in [0.25, 0.3) is 10.8 Å². The van der Waals surface area contributed by atoms with Crippen LogP contribution in [0.2, 0.25) is 0 Å². The van der Waals surface area contributed by atoms with Crippen LogP contribution in [0.5, 0.6) is 5.75 Å². The predicted molar refractivity (Wildman–Crippen MR) is 60.5 cm³/mol. The third-order valence-corrected chi connectivity index (χ3v) is 3.62. The van der Waals surface area contributed by atoms with Gasteiger partial charge in [-0.3, -0.25) is 0 Å². The smallest absolute Gasteiger partial charge is 0.744 e. The van der Waals surface area contributed by atoms with Gasteiger partial charge in [0.1, 0.15) is 15.9 Å². The second-order valence-electron chi connectivity index (χ2n) is 3.43. The van der Waals surface area contributed by atoms with E-state index in [0.29, 0.717) is 27.7 Å². The first kappa shape index (κ1) is 20.7. The summed E-state index contributed by atoms with van der Waals surface area (Å²) in [6.45, 7) is 0. The zero-order valence-corrected chi connectivity index (χ0v) is 16.3. The fraction of sp³-hybridized carbons (Fsp3) is 0. The number of fused-ring (bicyclic) bond motifs is 1. The Balaban J connectivity index is 0.00000180. The summed E-state index contributed by atoms with van der Waals surface area (Å²) in [5.74, 6) is -0.318. The molecule has 0 amide bonds. The van der Waals surface area contributed by atoms with Crippen LogP contribution in [0, 0.1) is 0 Å². The number of aromatic hydroxyl groups is 1. The molecule has 0 aliphatic rings. The minimum absolute atomic E-state index is 0. The van der Waals surface area contributed by atoms with Crippen molar-refractivity contribution < 1.29 is 86.8 Å². The van der Waals surface area contributed by atoms with Crippen LogP contribution in [0.15, 0.2) is 40.1 Å². The predicted octanol–water partition coefficient (Wildman–Crippen LogP) is -5.24. The van der Waals surface area contributed by atoms with E-state index in [1.165, 1.54) is 18.2 Å². The molecular weight excluding hydrogens is 326 g/mol. The average molecular weight is 332 g/mol. The van der Waals surface area contributed by atoms with Gasteiger partial charge in [0.25, 0.3) is 0 Å². The molecule has 1 N–H and O–H groups in total. The van der Waals surface area contributed by atoms with Crippen molar-refractivity contribution >= 4 is 32.9 Å². The van der Waals surface area contributed by atoms with E-state index in [9.17, 15) is 23.3 Å². The average Bonchev–Trinajstić information content (AvgIpc) is 2.27. The molecule has 96 valence electrons. The Kier molecular flexibility index (Phi) is 8.63. The van der Waals surface area contributed by atoms with Crippen molar-refractivity contribution in [3.05, 3.63) is 30.3 Å². The molecule has 0 saturated carbocycles. The molecule has 10 heteroatoms. The van der Waals surface area contributed by atoms with Crippen LogP contribution >= 0.6 is 12.0 Å². The number of phenols is 1. The molecule has 0 bridgehead atoms. The van der Waals surface area contributed by atoms with Crippen molar-refractivity contribution in [2.45, 2.75) is 9.79 Å². The molecule has 0 radical (unpaired) electrons. The van der Waals surface area contributed by atoms with Gasteiger partial charge in [-0.15, -0.1) is 0 Å². The van der Waals surface area contributed by atoms with E-state index in [4.69, 9.17) is 0 Å². The van der Waals surface area contributed by atoms with E-state index in [1.807, 2.05) is 0 Å². The van der Waals surface area contributed by atoms with Crippen LogP contribution in [0.4, 0.5) is 0 Å². The van der Waals surface area contributed by atoms with Crippen molar-refractivity contribution in [3.63, 3.8) is 0 Å². The fourth-order valence-electron chi connectivity index (χ4n) is 1.54. The first-order chi connectivity index (χ1) is 8.41. The Morgan fingerprint density at radius 2 is 1.80 bits per heavy atom. The largest absolute Gasteiger partial charge is 1.00 e. The second-order valence-corrected chi connectivity index (χ2v) is 5.58. The van der Waals surface area contributed by atoms with Gasteiger partial charge in [-0.2, -0.15) is 0 Å². The maximum atomic E-state index is 10.9. The van der Waals surface area contributed by atoms with Gasteiger partial charge in [0, 0.05) is 22.3 Å². The van der Waals surface area contributed by atoms with Gasteiger partial charge >= 0.3 is 59.1 Å². The van der Waals surface area contributed by atoms with Gasteiger partial charge in [-0.05, 0) is 35.7 Å². The number of rotatable bonds is 3. The van der Waals surface area contributed by atoms with Crippen LogP contribution in [-0.2, 0) is 14.5 Å². The Morgan fingerprint density at radius 1 is 1.15 bits per heavy atom. The molecule has 2 aromatic carbocycles. The molecule has 0 spiro atoms. The Morgan fingerprint density at radius 3 is 2.35 bits per heavy atom. The molecule has 0 heterocycles. The van der Waals surface area contributed by atoms with E-state index in [-0.39, 0.29) is 64.9 Å². The molecule has 20 heavy (non-hydrogen) atoms. The topological polar surface area (TPSA) is 110 Å². The van der Waals surface area contributed by atoms with Gasteiger partial charge in [0.15, 0.2) is 0 Å². The molecule has 0 aliphatic carbocycles. The third kappa shape index (κ3) is 4.85. The first-order valence-corrected chi connectivity index (χ1v) is 6.76. The number of phenolic OH excluding ortho intramolecular Hbond substituents is 1. The summed E-state index contributed by atoms with van der Waals surface area (Å²) in [5, 5.41) is 20.3. The maximum absolute atomic E-state index is 10.9. The van der Waals surface area contributed by atoms with Crippen LogP contribution in [0.3, 0.4) is 0 Å². The van der Waals surface area contributed by atoms with E-state index in [2.05, 4.69) is 4.33 Å². The number of hydrogen-bond donors (Lipinski definition) is 1. The summed E-state index contributed by atoms with van der Waals surface area (Å²) in [5.41, 5.74) is 0. The van der Waals surface area contributed by atoms with Crippen molar-refractivity contribution in [1.29, 1.82) is 0 Å². The summed E-state index contributed by atoms with van der Waals surface area (Å²) >= 11 is 0.545. The monoisotopic (exact) mass is 332 g/mol. The van der Waals surface area contributed by atoms with Crippen LogP contribution < -0.4 is 64.4 Å². The van der Waals surface area contributed by atoms with Crippen LogP contribution in [-0.4, -0.2) is 18.1 Å². The quantitative estimate of drug-likeness (QED) is 0.197. The van der Waals surface area contributed by atoms with Crippen molar-refractivity contribution in [3.8, 4) is 5.75 Å². The SMILES string of the molecule is O=S(=O)([O-])c1cc(O)c2ccc(SO[O-])cc2c1.[Na+].[Na+]. The molecular formula is C10H6Na2O6S2. The molecule has 0 unspecified atom stereocenters. The fourth-order valence-corrected chi connectivity index (χ4v) is 2.44. The Hall–Kier alpha value is 0.680. The minimum Gasteiger partial charge on any atom is -0.744 e. The summed E-state index contributed by atoms with van der Waals surface area (Å²) < 4.78 is 36.3. The van der Waals surface area contributed by atoms with Crippen molar-refractivity contribution in [1.82, 2.24) is 0 Å². The molecule has 0 aliphatic heterocycles. The van der Waals surface area contributed by atoms with Gasteiger partial charge < -0.3 is 19.3 Å².